The molecule has 11 heteroatoms. The number of benzene rings is 1. The minimum absolute atomic E-state index is 0.0465. The molecule has 0 radical (unpaired) electrons. The Morgan fingerprint density at radius 3 is 2.46 bits per heavy atom. The number of hydrogen-bond acceptors (Lipinski definition) is 9. The van der Waals surface area contributed by atoms with Crippen molar-refractivity contribution < 1.29 is 28.5 Å². The summed E-state index contributed by atoms with van der Waals surface area (Å²) in [6.07, 6.45) is 3.73. The van der Waals surface area contributed by atoms with Crippen LogP contribution in [0.15, 0.2) is 29.1 Å². The zero-order chi connectivity index (χ0) is 29.5. The molecule has 10 nitrogen and oxygen atoms in total. The second kappa shape index (κ2) is 14.0. The van der Waals surface area contributed by atoms with E-state index in [1.165, 1.54) is 6.92 Å². The summed E-state index contributed by atoms with van der Waals surface area (Å²) in [5.41, 5.74) is 3.17. The number of hydrogen-bond donors (Lipinski definition) is 2. The third-order valence-corrected chi connectivity index (χ3v) is 8.12. The molecule has 1 aliphatic carbocycles. The van der Waals surface area contributed by atoms with Crippen molar-refractivity contribution in [2.45, 2.75) is 38.3 Å². The Hall–Kier alpha value is -3.44. The highest BCUT2D eigenvalue weighted by atomic mass is 32.2. The minimum Gasteiger partial charge on any atom is -0.493 e. The number of rotatable bonds is 10. The third-order valence-electron chi connectivity index (χ3n) is 7.48. The lowest BCUT2D eigenvalue weighted by atomic mass is 9.95. The number of ether oxygens (including phenoxy) is 4. The molecule has 2 atom stereocenters. The largest absolute Gasteiger partial charge is 0.493 e. The second-order valence-corrected chi connectivity index (χ2v) is 11.0. The van der Waals surface area contributed by atoms with Crippen molar-refractivity contribution >= 4 is 29.3 Å². The normalized spacial score (nSPS) is 16.9. The molecule has 2 N–H and O–H groups in total. The molecule has 0 spiro atoms. The van der Waals surface area contributed by atoms with Gasteiger partial charge >= 0.3 is 0 Å². The van der Waals surface area contributed by atoms with Crippen LogP contribution in [0.4, 0.5) is 5.69 Å². The van der Waals surface area contributed by atoms with Crippen LogP contribution in [-0.2, 0) is 20.7 Å². The zero-order valence-corrected chi connectivity index (χ0v) is 25.2. The zero-order valence-electron chi connectivity index (χ0n) is 24.3. The number of carbonyl (C=O) groups excluding carboxylic acids is 2. The fourth-order valence-corrected chi connectivity index (χ4v) is 5.98. The number of amides is 2. The first-order chi connectivity index (χ1) is 19.8. The summed E-state index contributed by atoms with van der Waals surface area (Å²) in [4.78, 5) is 41.2. The molecule has 0 aromatic heterocycles. The van der Waals surface area contributed by atoms with Gasteiger partial charge in [0.05, 0.1) is 46.3 Å². The maximum absolute atomic E-state index is 13.7. The van der Waals surface area contributed by atoms with Gasteiger partial charge in [0.15, 0.2) is 11.5 Å². The van der Waals surface area contributed by atoms with Gasteiger partial charge in [0.1, 0.15) is 6.04 Å². The van der Waals surface area contributed by atoms with E-state index >= 15 is 0 Å². The summed E-state index contributed by atoms with van der Waals surface area (Å²) in [6.45, 7) is 3.52. The molecule has 0 unspecified atom stereocenters. The first-order valence-corrected chi connectivity index (χ1v) is 15.1. The van der Waals surface area contributed by atoms with Gasteiger partial charge < -0.3 is 34.5 Å². The maximum Gasteiger partial charge on any atom is 0.245 e. The van der Waals surface area contributed by atoms with Gasteiger partial charge in [-0.15, -0.1) is 0 Å². The van der Waals surface area contributed by atoms with Crippen molar-refractivity contribution in [3.8, 4) is 28.4 Å². The number of morpholine rings is 1. The minimum atomic E-state index is -0.562. The molecular formula is C30H39N3O7S. The van der Waals surface area contributed by atoms with Gasteiger partial charge in [0.25, 0.3) is 0 Å². The van der Waals surface area contributed by atoms with Gasteiger partial charge in [-0.05, 0) is 66.2 Å². The summed E-state index contributed by atoms with van der Waals surface area (Å²) >= 11 is 1.65. The van der Waals surface area contributed by atoms with Gasteiger partial charge in [-0.3, -0.25) is 14.4 Å². The number of fused-ring (bicyclic) bond motifs is 3. The molecule has 1 saturated heterocycles. The number of anilines is 1. The van der Waals surface area contributed by atoms with Crippen LogP contribution in [0.5, 0.6) is 17.2 Å². The van der Waals surface area contributed by atoms with Gasteiger partial charge in [-0.1, -0.05) is 6.07 Å². The Balaban J connectivity index is 1.86. The molecule has 2 aliphatic rings. The number of nitrogens with zero attached hydrogens (tertiary/aromatic N) is 1. The van der Waals surface area contributed by atoms with E-state index in [1.807, 2.05) is 18.4 Å². The third kappa shape index (κ3) is 6.73. The second-order valence-electron chi connectivity index (χ2n) is 10.0. The topological polar surface area (TPSA) is 115 Å². The number of methoxy groups -OCH3 is 3. The number of aryl methyl sites for hydroxylation is 1. The van der Waals surface area contributed by atoms with Gasteiger partial charge in [-0.2, -0.15) is 11.8 Å². The Bertz CT molecular complexity index is 1330. The highest BCUT2D eigenvalue weighted by Crippen LogP contribution is 2.50. The SMILES string of the molecule is COc1cc2c(c(OC)c1OC)-c1ccc(N[C@H](CCSC)C(=O)N3CCOCC3)c(=O)cc1[C@H](NC(C)=O)CC2. The van der Waals surface area contributed by atoms with Crippen molar-refractivity contribution in [1.82, 2.24) is 10.2 Å². The van der Waals surface area contributed by atoms with Crippen LogP contribution in [0.1, 0.15) is 36.9 Å². The van der Waals surface area contributed by atoms with Crippen molar-refractivity contribution in [3.63, 3.8) is 0 Å². The summed E-state index contributed by atoms with van der Waals surface area (Å²) in [5.74, 6) is 1.98. The average molecular weight is 586 g/mol. The van der Waals surface area contributed by atoms with E-state index in [1.54, 1.807) is 50.1 Å². The Kier molecular flexibility index (Phi) is 10.4. The molecule has 41 heavy (non-hydrogen) atoms. The summed E-state index contributed by atoms with van der Waals surface area (Å²) in [5, 5.41) is 6.29. The van der Waals surface area contributed by atoms with Crippen LogP contribution >= 0.6 is 11.8 Å². The van der Waals surface area contributed by atoms with Crippen LogP contribution in [0.3, 0.4) is 0 Å². The summed E-state index contributed by atoms with van der Waals surface area (Å²) < 4.78 is 22.5. The van der Waals surface area contributed by atoms with E-state index in [9.17, 15) is 14.4 Å². The molecule has 1 aliphatic heterocycles. The Morgan fingerprint density at radius 2 is 1.83 bits per heavy atom. The molecule has 4 rings (SSSR count). The van der Waals surface area contributed by atoms with E-state index in [2.05, 4.69) is 10.6 Å². The van der Waals surface area contributed by atoms with Gasteiger partial charge in [0.2, 0.25) is 23.0 Å². The maximum atomic E-state index is 13.7. The summed E-state index contributed by atoms with van der Waals surface area (Å²) in [7, 11) is 4.69. The summed E-state index contributed by atoms with van der Waals surface area (Å²) in [6, 6.07) is 6.08. The lowest BCUT2D eigenvalue weighted by molar-refractivity contribution is -0.136. The van der Waals surface area contributed by atoms with E-state index < -0.39 is 12.1 Å². The number of carbonyl (C=O) groups is 2. The molecule has 2 aromatic carbocycles. The highest BCUT2D eigenvalue weighted by Gasteiger charge is 2.30. The van der Waals surface area contributed by atoms with Crippen LogP contribution in [0, 0.1) is 0 Å². The first-order valence-electron chi connectivity index (χ1n) is 13.7. The predicted octanol–water partition coefficient (Wildman–Crippen LogP) is 3.26. The molecule has 222 valence electrons. The average Bonchev–Trinajstić information content (AvgIpc) is 3.22. The monoisotopic (exact) mass is 585 g/mol. The van der Waals surface area contributed by atoms with Crippen LogP contribution in [-0.4, -0.2) is 82.4 Å². The smallest absolute Gasteiger partial charge is 0.245 e. The van der Waals surface area contributed by atoms with E-state index in [4.69, 9.17) is 18.9 Å². The van der Waals surface area contributed by atoms with Crippen molar-refractivity contribution in [1.29, 1.82) is 0 Å². The lowest BCUT2D eigenvalue weighted by Gasteiger charge is -2.31. The molecule has 0 saturated carbocycles. The molecule has 2 aromatic rings. The Labute approximate surface area is 245 Å². The molecule has 1 heterocycles. The van der Waals surface area contributed by atoms with Crippen molar-refractivity contribution in [3.05, 3.63) is 45.6 Å². The molecule has 0 bridgehead atoms. The van der Waals surface area contributed by atoms with E-state index in [0.29, 0.717) is 74.1 Å². The highest BCUT2D eigenvalue weighted by molar-refractivity contribution is 7.98. The standard InChI is InChI=1S/C30H39N3O7S/c1-18(34)31-22-8-6-19-16-26(37-2)28(38-3)29(39-4)27(19)20-7-9-23(25(35)17-21(20)22)32-24(10-15-41-5)30(36)33-11-13-40-14-12-33/h7,9,16-17,22,24H,6,8,10-15H2,1-5H3,(H,31,34)(H,32,35)/t22-,24-/m1/s1. The van der Waals surface area contributed by atoms with Crippen LogP contribution in [0.2, 0.25) is 0 Å². The van der Waals surface area contributed by atoms with Crippen LogP contribution < -0.4 is 30.3 Å². The van der Waals surface area contributed by atoms with E-state index in [0.717, 1.165) is 22.4 Å². The lowest BCUT2D eigenvalue weighted by Crippen LogP contribution is -2.48. The van der Waals surface area contributed by atoms with E-state index in [-0.39, 0.29) is 17.2 Å². The fourth-order valence-electron chi connectivity index (χ4n) is 5.51. The Morgan fingerprint density at radius 1 is 1.10 bits per heavy atom. The predicted molar refractivity (Wildman–Crippen MR) is 160 cm³/mol. The molecule has 2 amide bonds. The van der Waals surface area contributed by atoms with Gasteiger partial charge in [-0.25, -0.2) is 0 Å². The van der Waals surface area contributed by atoms with Crippen molar-refractivity contribution in [2.75, 3.05) is 65.0 Å². The number of thioether (sulfide) groups is 1. The quantitative estimate of drug-likeness (QED) is 0.434. The fraction of sp³-hybridized carbons (Fsp3) is 0.500. The van der Waals surface area contributed by atoms with Crippen LogP contribution in [0.25, 0.3) is 11.1 Å². The van der Waals surface area contributed by atoms with Crippen molar-refractivity contribution in [2.24, 2.45) is 0 Å². The number of nitrogens with one attached hydrogen (secondary N) is 2. The van der Waals surface area contributed by atoms with Gasteiger partial charge in [0, 0.05) is 25.6 Å². The first kappa shape index (κ1) is 30.5. The molecule has 1 fully saturated rings. The molecular weight excluding hydrogens is 546 g/mol.